The Morgan fingerprint density at radius 1 is 0.895 bits per heavy atom. The number of rotatable bonds is 3. The van der Waals surface area contributed by atoms with Crippen LogP contribution in [-0.4, -0.2) is 66.4 Å². The molecule has 6 unspecified atom stereocenters. The van der Waals surface area contributed by atoms with Crippen LogP contribution in [-0.2, 0) is 11.3 Å². The highest BCUT2D eigenvalue weighted by Crippen LogP contribution is 2.34. The molecular formula is C31H45N5OS. The SMILES string of the molecule is Cc1cccc(C)c1C1CC2NC(NSC3CCCC(C3)CN3CCN(Cc4ccccc4)C[C@@H](C3)O2)N1. The van der Waals surface area contributed by atoms with E-state index in [1.54, 1.807) is 0 Å². The summed E-state index contributed by atoms with van der Waals surface area (Å²) in [5.41, 5.74) is 5.53. The summed E-state index contributed by atoms with van der Waals surface area (Å²) in [5.74, 6) is 0.785. The number of benzene rings is 2. The Kier molecular flexibility index (Phi) is 8.72. The minimum Gasteiger partial charge on any atom is -0.357 e. The molecule has 2 aromatic carbocycles. The molecule has 6 bridgehead atoms. The number of aryl methyl sites for hydroxylation is 2. The van der Waals surface area contributed by atoms with E-state index in [9.17, 15) is 0 Å². The molecule has 1 aliphatic carbocycles. The minimum atomic E-state index is 0.00186. The molecule has 38 heavy (non-hydrogen) atoms. The average Bonchev–Trinajstić information content (AvgIpc) is 3.09. The van der Waals surface area contributed by atoms with Gasteiger partial charge in [-0.05, 0) is 61.3 Å². The van der Waals surface area contributed by atoms with E-state index < -0.39 is 0 Å². The van der Waals surface area contributed by atoms with E-state index in [1.165, 1.54) is 54.5 Å². The van der Waals surface area contributed by atoms with Crippen LogP contribution < -0.4 is 15.4 Å². The molecule has 4 fully saturated rings. The summed E-state index contributed by atoms with van der Waals surface area (Å²) in [6.45, 7) is 10.9. The summed E-state index contributed by atoms with van der Waals surface area (Å²) in [5, 5.41) is 8.36. The molecule has 3 N–H and O–H groups in total. The van der Waals surface area contributed by atoms with Crippen LogP contribution in [0.3, 0.4) is 0 Å². The first-order valence-corrected chi connectivity index (χ1v) is 15.6. The fourth-order valence-corrected chi connectivity index (χ4v) is 8.26. The van der Waals surface area contributed by atoms with Crippen LogP contribution in [0.2, 0.25) is 0 Å². The van der Waals surface area contributed by atoms with Gasteiger partial charge in [0.25, 0.3) is 0 Å². The first-order chi connectivity index (χ1) is 18.6. The first kappa shape index (κ1) is 26.8. The molecule has 2 aromatic rings. The number of nitrogens with zero attached hydrogens (tertiary/aromatic N) is 2. The second kappa shape index (κ2) is 12.4. The summed E-state index contributed by atoms with van der Waals surface area (Å²) >= 11 is 1.95. The van der Waals surface area contributed by atoms with Crippen molar-refractivity contribution in [3.05, 3.63) is 70.8 Å². The van der Waals surface area contributed by atoms with Gasteiger partial charge in [0.2, 0.25) is 0 Å². The van der Waals surface area contributed by atoms with E-state index in [0.717, 1.165) is 45.1 Å². The van der Waals surface area contributed by atoms with Gasteiger partial charge in [-0.3, -0.25) is 20.4 Å². The predicted octanol–water partition coefficient (Wildman–Crippen LogP) is 4.55. The molecule has 4 aliphatic rings. The molecule has 0 radical (unpaired) electrons. The molecule has 1 saturated carbocycles. The second-order valence-corrected chi connectivity index (χ2v) is 13.1. The van der Waals surface area contributed by atoms with Crippen LogP contribution >= 0.6 is 11.9 Å². The number of hydrogen-bond acceptors (Lipinski definition) is 7. The highest BCUT2D eigenvalue weighted by molar-refractivity contribution is 7.98. The van der Waals surface area contributed by atoms with E-state index in [-0.39, 0.29) is 24.7 Å². The lowest BCUT2D eigenvalue weighted by Crippen LogP contribution is -2.61. The van der Waals surface area contributed by atoms with Crippen molar-refractivity contribution in [3.63, 3.8) is 0 Å². The summed E-state index contributed by atoms with van der Waals surface area (Å²) in [4.78, 5) is 5.34. The first-order valence-electron chi connectivity index (χ1n) is 14.7. The quantitative estimate of drug-likeness (QED) is 0.499. The highest BCUT2D eigenvalue weighted by Gasteiger charge is 2.35. The monoisotopic (exact) mass is 535 g/mol. The maximum absolute atomic E-state index is 7.01. The van der Waals surface area contributed by atoms with Crippen LogP contribution in [0.25, 0.3) is 0 Å². The van der Waals surface area contributed by atoms with Gasteiger partial charge in [0.05, 0.1) is 6.10 Å². The molecule has 3 aliphatic heterocycles. The third-order valence-corrected chi connectivity index (χ3v) is 10.1. The van der Waals surface area contributed by atoms with Gasteiger partial charge in [-0.1, -0.05) is 66.9 Å². The van der Waals surface area contributed by atoms with Gasteiger partial charge in [0.15, 0.2) is 0 Å². The van der Waals surface area contributed by atoms with Crippen molar-refractivity contribution in [2.24, 2.45) is 5.92 Å². The topological polar surface area (TPSA) is 51.8 Å². The molecular weight excluding hydrogens is 490 g/mol. The average molecular weight is 536 g/mol. The van der Waals surface area contributed by atoms with Gasteiger partial charge in [0.1, 0.15) is 12.5 Å². The van der Waals surface area contributed by atoms with Crippen molar-refractivity contribution in [1.29, 1.82) is 0 Å². The lowest BCUT2D eigenvalue weighted by molar-refractivity contribution is -0.0761. The van der Waals surface area contributed by atoms with Crippen LogP contribution in [0.15, 0.2) is 48.5 Å². The fourth-order valence-electron chi connectivity index (χ4n) is 7.14. The Labute approximate surface area is 233 Å². The Balaban J connectivity index is 1.25. The molecule has 6 nitrogen and oxygen atoms in total. The van der Waals surface area contributed by atoms with Crippen molar-refractivity contribution in [2.75, 3.05) is 32.7 Å². The van der Waals surface area contributed by atoms with Gasteiger partial charge >= 0.3 is 0 Å². The maximum atomic E-state index is 7.01. The maximum Gasteiger partial charge on any atom is 0.123 e. The van der Waals surface area contributed by atoms with Gasteiger partial charge < -0.3 is 4.74 Å². The van der Waals surface area contributed by atoms with Crippen molar-refractivity contribution >= 4 is 11.9 Å². The van der Waals surface area contributed by atoms with E-state index in [2.05, 4.69) is 87.5 Å². The Hall–Kier alpha value is -1.45. The summed E-state index contributed by atoms with van der Waals surface area (Å²) in [7, 11) is 0. The molecule has 6 rings (SSSR count). The van der Waals surface area contributed by atoms with E-state index in [0.29, 0.717) is 5.25 Å². The molecule has 206 valence electrons. The number of hydrogen-bond donors (Lipinski definition) is 3. The summed E-state index contributed by atoms with van der Waals surface area (Å²) in [6.07, 6.45) is 6.46. The van der Waals surface area contributed by atoms with Gasteiger partial charge in [-0.2, -0.15) is 0 Å². The third-order valence-electron chi connectivity index (χ3n) is 8.93. The molecule has 0 aromatic heterocycles. The van der Waals surface area contributed by atoms with Crippen LogP contribution in [0.1, 0.15) is 60.4 Å². The van der Waals surface area contributed by atoms with E-state index in [1.807, 2.05) is 11.9 Å². The van der Waals surface area contributed by atoms with Gasteiger partial charge in [-0.25, -0.2) is 4.72 Å². The summed E-state index contributed by atoms with van der Waals surface area (Å²) < 4.78 is 10.8. The van der Waals surface area contributed by atoms with E-state index >= 15 is 0 Å². The van der Waals surface area contributed by atoms with Crippen molar-refractivity contribution < 1.29 is 4.74 Å². The van der Waals surface area contributed by atoms with Gasteiger partial charge in [-0.15, -0.1) is 0 Å². The summed E-state index contributed by atoms with van der Waals surface area (Å²) in [6, 6.07) is 17.8. The molecule has 3 heterocycles. The molecule has 0 spiro atoms. The lowest BCUT2D eigenvalue weighted by Gasteiger charge is -2.40. The largest absolute Gasteiger partial charge is 0.357 e. The van der Waals surface area contributed by atoms with Crippen molar-refractivity contribution in [3.8, 4) is 0 Å². The third kappa shape index (κ3) is 6.64. The van der Waals surface area contributed by atoms with Crippen LogP contribution in [0.4, 0.5) is 0 Å². The Bertz CT molecular complexity index is 1030. The number of fused-ring (bicyclic) bond motifs is 6. The minimum absolute atomic E-state index is 0.00186. The molecule has 3 saturated heterocycles. The van der Waals surface area contributed by atoms with Crippen molar-refractivity contribution in [2.45, 2.75) is 82.4 Å². The smallest absolute Gasteiger partial charge is 0.123 e. The molecule has 7 atom stereocenters. The number of nitrogens with one attached hydrogen (secondary N) is 3. The zero-order valence-electron chi connectivity index (χ0n) is 23.1. The Morgan fingerprint density at radius 3 is 2.58 bits per heavy atom. The Morgan fingerprint density at radius 2 is 1.74 bits per heavy atom. The number of ether oxygens (including phenoxy) is 1. The van der Waals surface area contributed by atoms with Crippen molar-refractivity contribution in [1.82, 2.24) is 25.2 Å². The van der Waals surface area contributed by atoms with Crippen LogP contribution in [0.5, 0.6) is 0 Å². The second-order valence-electron chi connectivity index (χ2n) is 12.0. The lowest BCUT2D eigenvalue weighted by atomic mass is 9.88. The standard InChI is InChI=1S/C31H45N5OS/c1-22-8-6-9-23(2)30(22)28-17-29-33-31(32-28)34-38-27-13-7-12-25(16-27)19-36-15-14-35(20-26(21-36)37-29)18-24-10-4-3-5-11-24/h3-6,8-11,25-29,31-34H,7,12-21H2,1-2H3/t25?,26-,27?,28?,29?,31?/m0/s1. The fraction of sp³-hybridized carbons (Fsp3) is 0.613. The van der Waals surface area contributed by atoms with Gasteiger partial charge in [0, 0.05) is 57.0 Å². The predicted molar refractivity (Wildman–Crippen MR) is 157 cm³/mol. The highest BCUT2D eigenvalue weighted by atomic mass is 32.2. The zero-order valence-corrected chi connectivity index (χ0v) is 23.9. The zero-order chi connectivity index (χ0) is 25.9. The van der Waals surface area contributed by atoms with E-state index in [4.69, 9.17) is 4.74 Å². The normalized spacial score (nSPS) is 34.8. The van der Waals surface area contributed by atoms with Crippen LogP contribution in [0, 0.1) is 19.8 Å². The molecule has 7 heteroatoms. The molecule has 0 amide bonds.